The largest absolute Gasteiger partial charge is 0.417 e. The van der Waals surface area contributed by atoms with Crippen LogP contribution in [0.3, 0.4) is 0 Å². The van der Waals surface area contributed by atoms with Crippen molar-refractivity contribution in [3.63, 3.8) is 0 Å². The quantitative estimate of drug-likeness (QED) is 0.860. The Morgan fingerprint density at radius 3 is 2.84 bits per heavy atom. The summed E-state index contributed by atoms with van der Waals surface area (Å²) in [7, 11) is 2.08. The lowest BCUT2D eigenvalue weighted by atomic mass is 9.98. The predicted molar refractivity (Wildman–Crippen MR) is 76.1 cm³/mol. The van der Waals surface area contributed by atoms with Gasteiger partial charge in [0.1, 0.15) is 0 Å². The molecule has 0 aliphatic heterocycles. The average molecular weight is 263 g/mol. The van der Waals surface area contributed by atoms with E-state index in [1.54, 1.807) is 0 Å². The molecule has 5 heteroatoms. The van der Waals surface area contributed by atoms with Gasteiger partial charge in [-0.1, -0.05) is 6.07 Å². The number of fused-ring (bicyclic) bond motifs is 1. The monoisotopic (exact) mass is 263 g/mol. The minimum absolute atomic E-state index is 0.0491. The highest BCUT2D eigenvalue weighted by atomic mass is 16.4. The van der Waals surface area contributed by atoms with Gasteiger partial charge in [0, 0.05) is 12.1 Å². The van der Waals surface area contributed by atoms with Crippen molar-refractivity contribution in [2.75, 3.05) is 13.6 Å². The van der Waals surface area contributed by atoms with Gasteiger partial charge in [-0.3, -0.25) is 9.88 Å². The van der Waals surface area contributed by atoms with E-state index < -0.39 is 5.76 Å². The fourth-order valence-electron chi connectivity index (χ4n) is 2.13. The Kier molecular flexibility index (Phi) is 3.78. The minimum Gasteiger partial charge on any atom is -0.408 e. The number of benzene rings is 1. The number of nitrogens with one attached hydrogen (secondary N) is 1. The van der Waals surface area contributed by atoms with Crippen molar-refractivity contribution in [1.82, 2.24) is 9.88 Å². The van der Waals surface area contributed by atoms with Gasteiger partial charge in [-0.2, -0.15) is 0 Å². The number of hydrogen-bond donors (Lipinski definition) is 2. The Bertz CT molecular complexity index is 612. The van der Waals surface area contributed by atoms with Crippen LogP contribution in [0.1, 0.15) is 25.8 Å². The van der Waals surface area contributed by atoms with Gasteiger partial charge in [-0.15, -0.1) is 0 Å². The average Bonchev–Trinajstić information content (AvgIpc) is 2.68. The zero-order chi connectivity index (χ0) is 14.0. The third kappa shape index (κ3) is 3.05. The van der Waals surface area contributed by atoms with Gasteiger partial charge in [-0.05, 0) is 51.6 Å². The first kappa shape index (κ1) is 13.8. The molecule has 0 spiro atoms. The molecule has 0 fully saturated rings. The Morgan fingerprint density at radius 2 is 2.16 bits per heavy atom. The number of H-pyrrole nitrogens is 1. The molecule has 0 atom stereocenters. The third-order valence-electron chi connectivity index (χ3n) is 3.69. The van der Waals surface area contributed by atoms with Crippen molar-refractivity contribution < 1.29 is 4.42 Å². The lowest BCUT2D eigenvalue weighted by Gasteiger charge is -2.35. The van der Waals surface area contributed by atoms with Crippen molar-refractivity contribution in [3.8, 4) is 0 Å². The molecule has 0 amide bonds. The fourth-order valence-corrected chi connectivity index (χ4v) is 2.13. The van der Waals surface area contributed by atoms with Gasteiger partial charge in [-0.25, -0.2) is 4.79 Å². The highest BCUT2D eigenvalue weighted by molar-refractivity contribution is 5.72. The van der Waals surface area contributed by atoms with Gasteiger partial charge < -0.3 is 10.2 Å². The lowest BCUT2D eigenvalue weighted by molar-refractivity contribution is 0.140. The molecule has 0 aliphatic carbocycles. The summed E-state index contributed by atoms with van der Waals surface area (Å²) in [5, 5.41) is 0. The standard InChI is InChI=1S/C14H21N3O2/c1-14(2,6-7-15)17(3)9-10-4-5-12-11(8-10)16-13(18)19-12/h4-5,8H,6-7,9,15H2,1-3H3,(H,16,18). The van der Waals surface area contributed by atoms with Crippen LogP contribution >= 0.6 is 0 Å². The molecule has 2 aromatic rings. The molecule has 0 bridgehead atoms. The van der Waals surface area contributed by atoms with E-state index in [-0.39, 0.29) is 5.54 Å². The Hall–Kier alpha value is -1.59. The van der Waals surface area contributed by atoms with Crippen LogP contribution in [0.5, 0.6) is 0 Å². The van der Waals surface area contributed by atoms with Crippen LogP contribution in [0.15, 0.2) is 27.4 Å². The molecule has 104 valence electrons. The topological polar surface area (TPSA) is 75.3 Å². The zero-order valence-electron chi connectivity index (χ0n) is 11.7. The van der Waals surface area contributed by atoms with Crippen LogP contribution < -0.4 is 11.5 Å². The smallest absolute Gasteiger partial charge is 0.408 e. The number of aromatic amines is 1. The molecular weight excluding hydrogens is 242 g/mol. The van der Waals surface area contributed by atoms with Gasteiger partial charge in [0.15, 0.2) is 5.58 Å². The molecule has 2 rings (SSSR count). The summed E-state index contributed by atoms with van der Waals surface area (Å²) in [5.41, 5.74) is 8.17. The first-order chi connectivity index (χ1) is 8.92. The first-order valence-electron chi connectivity index (χ1n) is 6.45. The van der Waals surface area contributed by atoms with E-state index in [4.69, 9.17) is 10.2 Å². The maximum atomic E-state index is 11.1. The summed E-state index contributed by atoms with van der Waals surface area (Å²) < 4.78 is 4.99. The van der Waals surface area contributed by atoms with Gasteiger partial charge >= 0.3 is 5.76 Å². The second-order valence-corrected chi connectivity index (χ2v) is 5.55. The molecule has 0 saturated heterocycles. The second-order valence-electron chi connectivity index (χ2n) is 5.55. The van der Waals surface area contributed by atoms with Crippen LogP contribution in [-0.2, 0) is 6.54 Å². The third-order valence-corrected chi connectivity index (χ3v) is 3.69. The molecule has 3 N–H and O–H groups in total. The van der Waals surface area contributed by atoms with Crippen molar-refractivity contribution in [3.05, 3.63) is 34.3 Å². The van der Waals surface area contributed by atoms with Crippen molar-refractivity contribution in [2.45, 2.75) is 32.4 Å². The summed E-state index contributed by atoms with van der Waals surface area (Å²) in [4.78, 5) is 16.1. The Morgan fingerprint density at radius 1 is 1.42 bits per heavy atom. The van der Waals surface area contributed by atoms with E-state index in [1.807, 2.05) is 18.2 Å². The maximum Gasteiger partial charge on any atom is 0.417 e. The van der Waals surface area contributed by atoms with E-state index >= 15 is 0 Å². The zero-order valence-corrected chi connectivity index (χ0v) is 11.7. The van der Waals surface area contributed by atoms with Crippen LogP contribution in [-0.4, -0.2) is 29.0 Å². The van der Waals surface area contributed by atoms with E-state index in [0.717, 1.165) is 24.0 Å². The summed E-state index contributed by atoms with van der Waals surface area (Å²) in [6, 6.07) is 5.76. The molecule has 5 nitrogen and oxygen atoms in total. The van der Waals surface area contributed by atoms with Crippen LogP contribution in [0, 0.1) is 0 Å². The molecule has 0 unspecified atom stereocenters. The molecule has 1 aromatic carbocycles. The van der Waals surface area contributed by atoms with Gasteiger partial charge in [0.2, 0.25) is 0 Å². The minimum atomic E-state index is -0.413. The van der Waals surface area contributed by atoms with Crippen LogP contribution in [0.25, 0.3) is 11.1 Å². The number of rotatable bonds is 5. The van der Waals surface area contributed by atoms with E-state index in [1.165, 1.54) is 0 Å². The van der Waals surface area contributed by atoms with Crippen molar-refractivity contribution >= 4 is 11.1 Å². The summed E-state index contributed by atoms with van der Waals surface area (Å²) in [5.74, 6) is -0.413. The molecule has 1 aromatic heterocycles. The van der Waals surface area contributed by atoms with Crippen molar-refractivity contribution in [1.29, 1.82) is 0 Å². The van der Waals surface area contributed by atoms with Crippen molar-refractivity contribution in [2.24, 2.45) is 5.73 Å². The molecule has 1 heterocycles. The molecular formula is C14H21N3O2. The number of nitrogens with two attached hydrogens (primary N) is 1. The normalized spacial score (nSPS) is 12.5. The van der Waals surface area contributed by atoms with Gasteiger partial charge in [0.25, 0.3) is 0 Å². The first-order valence-corrected chi connectivity index (χ1v) is 6.45. The van der Waals surface area contributed by atoms with Crippen LogP contribution in [0.2, 0.25) is 0 Å². The number of nitrogens with zero attached hydrogens (tertiary/aromatic N) is 1. The summed E-state index contributed by atoms with van der Waals surface area (Å²) in [6.45, 7) is 5.83. The fraction of sp³-hybridized carbons (Fsp3) is 0.500. The summed E-state index contributed by atoms with van der Waals surface area (Å²) in [6.07, 6.45) is 0.939. The predicted octanol–water partition coefficient (Wildman–Crippen LogP) is 1.68. The van der Waals surface area contributed by atoms with E-state index in [9.17, 15) is 4.79 Å². The Labute approximate surface area is 112 Å². The highest BCUT2D eigenvalue weighted by Crippen LogP contribution is 2.20. The maximum absolute atomic E-state index is 11.1. The SMILES string of the molecule is CN(Cc1ccc2oc(=O)[nH]c2c1)C(C)(C)CCN. The molecule has 0 saturated carbocycles. The molecule has 19 heavy (non-hydrogen) atoms. The number of oxazole rings is 1. The highest BCUT2D eigenvalue weighted by Gasteiger charge is 2.22. The van der Waals surface area contributed by atoms with E-state index in [0.29, 0.717) is 12.1 Å². The molecule has 0 aliphatic rings. The second kappa shape index (κ2) is 5.19. The van der Waals surface area contributed by atoms with E-state index in [2.05, 4.69) is 30.8 Å². The van der Waals surface area contributed by atoms with Crippen LogP contribution in [0.4, 0.5) is 0 Å². The van der Waals surface area contributed by atoms with Gasteiger partial charge in [0.05, 0.1) is 5.52 Å². The molecule has 0 radical (unpaired) electrons. The lowest BCUT2D eigenvalue weighted by Crippen LogP contribution is -2.42. The summed E-state index contributed by atoms with van der Waals surface area (Å²) >= 11 is 0. The Balaban J connectivity index is 2.18. The number of aromatic nitrogens is 1. The number of hydrogen-bond acceptors (Lipinski definition) is 4.